The Morgan fingerprint density at radius 3 is 2.60 bits per heavy atom. The molecule has 0 aliphatic heterocycles. The van der Waals surface area contributed by atoms with Crippen molar-refractivity contribution in [2.24, 2.45) is 11.1 Å². The van der Waals surface area contributed by atoms with E-state index in [2.05, 4.69) is 14.7 Å². The lowest BCUT2D eigenvalue weighted by Gasteiger charge is -2.20. The summed E-state index contributed by atoms with van der Waals surface area (Å²) in [7, 11) is 0. The van der Waals surface area contributed by atoms with Crippen LogP contribution in [0.1, 0.15) is 19.7 Å². The number of hydrogen-bond acceptors (Lipinski definition) is 5. The van der Waals surface area contributed by atoms with Gasteiger partial charge in [-0.25, -0.2) is 4.98 Å². The standard InChI is InChI=1S/C8H12N4OS2/c1-4-10-7(15-12-4)11-6(13)8(2,3)5(9)14/h1-3H3,(H2,9,14)(H,10,11,12,13). The van der Waals surface area contributed by atoms with Crippen LogP contribution in [0.2, 0.25) is 0 Å². The number of thiocarbonyl (C=S) groups is 1. The molecule has 5 nitrogen and oxygen atoms in total. The zero-order valence-electron chi connectivity index (χ0n) is 8.70. The Kier molecular flexibility index (Phi) is 3.35. The molecule has 1 amide bonds. The molecule has 0 unspecified atom stereocenters. The normalized spacial score (nSPS) is 11.1. The maximum atomic E-state index is 11.7. The van der Waals surface area contributed by atoms with Crippen LogP contribution < -0.4 is 11.1 Å². The molecule has 1 rings (SSSR count). The number of nitrogens with zero attached hydrogens (tertiary/aromatic N) is 2. The Morgan fingerprint density at radius 2 is 2.20 bits per heavy atom. The molecule has 0 bridgehead atoms. The number of nitrogens with one attached hydrogen (secondary N) is 1. The van der Waals surface area contributed by atoms with Gasteiger partial charge < -0.3 is 5.73 Å². The third-order valence-corrected chi connectivity index (χ3v) is 3.16. The summed E-state index contributed by atoms with van der Waals surface area (Å²) in [5.74, 6) is 0.356. The van der Waals surface area contributed by atoms with Crippen LogP contribution in [0.4, 0.5) is 5.13 Å². The van der Waals surface area contributed by atoms with Gasteiger partial charge in [-0.15, -0.1) is 0 Å². The van der Waals surface area contributed by atoms with Gasteiger partial charge in [0.05, 0.1) is 10.4 Å². The van der Waals surface area contributed by atoms with E-state index in [0.29, 0.717) is 11.0 Å². The highest BCUT2D eigenvalue weighted by molar-refractivity contribution is 7.80. The second-order valence-corrected chi connectivity index (χ2v) is 4.78. The van der Waals surface area contributed by atoms with Crippen molar-refractivity contribution in [3.05, 3.63) is 5.82 Å². The fourth-order valence-corrected chi connectivity index (χ4v) is 1.38. The molecule has 0 fully saturated rings. The SMILES string of the molecule is Cc1nsc(NC(=O)C(C)(C)C(N)=S)n1. The van der Waals surface area contributed by atoms with Crippen LogP contribution in [-0.4, -0.2) is 20.3 Å². The zero-order valence-corrected chi connectivity index (χ0v) is 10.3. The Labute approximate surface area is 97.3 Å². The molecule has 0 saturated heterocycles. The highest BCUT2D eigenvalue weighted by Crippen LogP contribution is 2.19. The van der Waals surface area contributed by atoms with Crippen molar-refractivity contribution >= 4 is 39.8 Å². The first-order valence-electron chi connectivity index (χ1n) is 4.25. The van der Waals surface area contributed by atoms with Gasteiger partial charge in [0.2, 0.25) is 11.0 Å². The van der Waals surface area contributed by atoms with E-state index in [9.17, 15) is 4.79 Å². The average Bonchev–Trinajstić information content (AvgIpc) is 2.50. The van der Waals surface area contributed by atoms with Crippen LogP contribution in [0, 0.1) is 12.3 Å². The topological polar surface area (TPSA) is 80.9 Å². The van der Waals surface area contributed by atoms with Crippen LogP contribution in [0.25, 0.3) is 0 Å². The number of carbonyl (C=O) groups is 1. The van der Waals surface area contributed by atoms with Crippen LogP contribution in [0.15, 0.2) is 0 Å². The predicted octanol–water partition coefficient (Wildman–Crippen LogP) is 1.10. The predicted molar refractivity (Wildman–Crippen MR) is 63.8 cm³/mol. The van der Waals surface area contributed by atoms with E-state index >= 15 is 0 Å². The second-order valence-electron chi connectivity index (χ2n) is 3.59. The number of anilines is 1. The zero-order chi connectivity index (χ0) is 11.6. The van der Waals surface area contributed by atoms with Gasteiger partial charge in [-0.3, -0.25) is 10.1 Å². The summed E-state index contributed by atoms with van der Waals surface area (Å²) in [4.78, 5) is 15.9. The molecule has 0 saturated carbocycles. The number of nitrogens with two attached hydrogens (primary N) is 1. The molecule has 82 valence electrons. The van der Waals surface area contributed by atoms with Gasteiger partial charge in [-0.2, -0.15) is 4.37 Å². The smallest absolute Gasteiger partial charge is 0.238 e. The Bertz CT molecular complexity index is 399. The summed E-state index contributed by atoms with van der Waals surface area (Å²) in [6.45, 7) is 5.09. The van der Waals surface area contributed by atoms with E-state index in [-0.39, 0.29) is 10.9 Å². The fraction of sp³-hybridized carbons (Fsp3) is 0.500. The fourth-order valence-electron chi connectivity index (χ4n) is 0.713. The lowest BCUT2D eigenvalue weighted by molar-refractivity contribution is -0.121. The van der Waals surface area contributed by atoms with E-state index in [4.69, 9.17) is 18.0 Å². The second kappa shape index (κ2) is 4.19. The Morgan fingerprint density at radius 1 is 1.60 bits per heavy atom. The quantitative estimate of drug-likeness (QED) is 0.778. The first-order chi connectivity index (χ1) is 6.84. The van der Waals surface area contributed by atoms with Crippen LogP contribution in [0.3, 0.4) is 0 Å². The van der Waals surface area contributed by atoms with Crippen LogP contribution >= 0.6 is 23.8 Å². The average molecular weight is 244 g/mol. The van der Waals surface area contributed by atoms with Crippen molar-refractivity contribution in [2.45, 2.75) is 20.8 Å². The summed E-state index contributed by atoms with van der Waals surface area (Å²) in [6, 6.07) is 0. The number of aryl methyl sites for hydroxylation is 1. The number of aromatic nitrogens is 2. The number of hydrogen-bond donors (Lipinski definition) is 2. The van der Waals surface area contributed by atoms with Gasteiger partial charge in [0.25, 0.3) is 0 Å². The lowest BCUT2D eigenvalue weighted by Crippen LogP contribution is -2.41. The molecule has 15 heavy (non-hydrogen) atoms. The molecule has 0 aliphatic carbocycles. The maximum Gasteiger partial charge on any atom is 0.238 e. The van der Waals surface area contributed by atoms with Gasteiger partial charge in [0.1, 0.15) is 5.82 Å². The van der Waals surface area contributed by atoms with E-state index in [1.165, 1.54) is 0 Å². The van der Waals surface area contributed by atoms with Crippen molar-refractivity contribution in [1.29, 1.82) is 0 Å². The molecule has 1 aromatic heterocycles. The van der Waals surface area contributed by atoms with Crippen molar-refractivity contribution in [1.82, 2.24) is 9.36 Å². The third kappa shape index (κ3) is 2.69. The van der Waals surface area contributed by atoms with Crippen molar-refractivity contribution in [2.75, 3.05) is 5.32 Å². The Hall–Kier alpha value is -1.08. The van der Waals surface area contributed by atoms with Crippen molar-refractivity contribution < 1.29 is 4.79 Å². The summed E-state index contributed by atoms with van der Waals surface area (Å²) in [5.41, 5.74) is 4.59. The molecule has 7 heteroatoms. The summed E-state index contributed by atoms with van der Waals surface area (Å²) in [5, 5.41) is 3.08. The van der Waals surface area contributed by atoms with Crippen LogP contribution in [0.5, 0.6) is 0 Å². The maximum absolute atomic E-state index is 11.7. The van der Waals surface area contributed by atoms with Gasteiger partial charge in [0.15, 0.2) is 0 Å². The summed E-state index contributed by atoms with van der Waals surface area (Å²) >= 11 is 5.94. The number of carbonyl (C=O) groups excluding carboxylic acids is 1. The molecule has 1 heterocycles. The minimum atomic E-state index is -0.880. The van der Waals surface area contributed by atoms with Crippen molar-refractivity contribution in [3.63, 3.8) is 0 Å². The molecule has 1 aromatic rings. The van der Waals surface area contributed by atoms with Gasteiger partial charge in [-0.05, 0) is 20.8 Å². The first-order valence-corrected chi connectivity index (χ1v) is 5.44. The summed E-state index contributed by atoms with van der Waals surface area (Å²) in [6.07, 6.45) is 0. The number of rotatable bonds is 3. The molecule has 3 N–H and O–H groups in total. The largest absolute Gasteiger partial charge is 0.392 e. The Balaban J connectivity index is 2.76. The molecule has 0 spiro atoms. The van der Waals surface area contributed by atoms with E-state index in [1.807, 2.05) is 0 Å². The molecule has 0 radical (unpaired) electrons. The highest BCUT2D eigenvalue weighted by Gasteiger charge is 2.31. The molecular formula is C8H12N4OS2. The molecule has 0 atom stereocenters. The highest BCUT2D eigenvalue weighted by atomic mass is 32.1. The first kappa shape index (κ1) is 12.0. The van der Waals surface area contributed by atoms with Crippen LogP contribution in [-0.2, 0) is 4.79 Å². The number of amides is 1. The lowest BCUT2D eigenvalue weighted by atomic mass is 9.92. The molecule has 0 aromatic carbocycles. The van der Waals surface area contributed by atoms with Gasteiger partial charge >= 0.3 is 0 Å². The monoisotopic (exact) mass is 244 g/mol. The minimum Gasteiger partial charge on any atom is -0.392 e. The van der Waals surface area contributed by atoms with E-state index in [1.54, 1.807) is 20.8 Å². The summed E-state index contributed by atoms with van der Waals surface area (Å²) < 4.78 is 3.95. The minimum absolute atomic E-state index is 0.154. The van der Waals surface area contributed by atoms with E-state index < -0.39 is 5.41 Å². The van der Waals surface area contributed by atoms with Gasteiger partial charge in [0, 0.05) is 11.5 Å². The third-order valence-electron chi connectivity index (χ3n) is 1.93. The molecule has 0 aliphatic rings. The van der Waals surface area contributed by atoms with Crippen molar-refractivity contribution in [3.8, 4) is 0 Å². The van der Waals surface area contributed by atoms with Gasteiger partial charge in [-0.1, -0.05) is 12.2 Å². The van der Waals surface area contributed by atoms with E-state index in [0.717, 1.165) is 11.5 Å². The molecular weight excluding hydrogens is 232 g/mol.